The molecule has 0 saturated heterocycles. The Morgan fingerprint density at radius 2 is 0.647 bits per heavy atom. The average molecular weight is 507 g/mol. The topological polar surface area (TPSA) is 44.2 Å². The summed E-state index contributed by atoms with van der Waals surface area (Å²) in [6.07, 6.45) is 0. The molecule has 0 spiro atoms. The third kappa shape index (κ3) is 5.40. The summed E-state index contributed by atoms with van der Waals surface area (Å²) in [6.45, 7) is 0. The quantitative estimate of drug-likeness (QED) is 0.396. The van der Waals surface area contributed by atoms with Crippen molar-refractivity contribution in [1.82, 2.24) is 28.0 Å². The molecule has 190 valence electrons. The number of hydrogen-bond donors (Lipinski definition) is 0. The molecule has 0 amide bonds. The predicted octanol–water partition coefficient (Wildman–Crippen LogP) is 5.88. The van der Waals surface area contributed by atoms with Crippen molar-refractivity contribution in [3.8, 4) is 11.1 Å². The molecular weight excluding hydrogens is 462 g/mol. The first-order chi connectivity index (χ1) is 15.8. The summed E-state index contributed by atoms with van der Waals surface area (Å²) in [7, 11) is 21.0. The van der Waals surface area contributed by atoms with Gasteiger partial charge in [-0.05, 0) is 96.7 Å². The second-order valence-electron chi connectivity index (χ2n) is 9.39. The molecule has 0 aromatic heterocycles. The summed E-state index contributed by atoms with van der Waals surface area (Å²) in [5.74, 6) is 0. The maximum atomic E-state index is 5.43. The van der Waals surface area contributed by atoms with Gasteiger partial charge in [0.15, 0.2) is 15.0 Å². The third-order valence-corrected chi connectivity index (χ3v) is 13.2. The van der Waals surface area contributed by atoms with Crippen LogP contribution in [0.1, 0.15) is 0 Å². The Morgan fingerprint density at radius 3 is 0.882 bits per heavy atom. The number of rotatable bonds is 9. The number of benzene rings is 2. The van der Waals surface area contributed by atoms with Crippen molar-refractivity contribution in [2.24, 2.45) is 9.49 Å². The van der Waals surface area contributed by atoms with Gasteiger partial charge in [0.1, 0.15) is 0 Å². The highest BCUT2D eigenvalue weighted by Gasteiger charge is 2.30. The fourth-order valence-corrected chi connectivity index (χ4v) is 10.8. The maximum absolute atomic E-state index is 5.43. The van der Waals surface area contributed by atoms with Crippen LogP contribution in [0.4, 0.5) is 11.4 Å². The van der Waals surface area contributed by atoms with Crippen molar-refractivity contribution < 1.29 is 0 Å². The Bertz CT molecular complexity index is 932. The lowest BCUT2D eigenvalue weighted by atomic mass is 10.0. The number of hydrogen-bond acceptors (Lipinski definition) is 2. The fourth-order valence-electron chi connectivity index (χ4n) is 4.55. The number of nitrogens with zero attached hydrogens (tertiary/aromatic N) is 8. The first kappa shape index (κ1) is 28.9. The van der Waals surface area contributed by atoms with Crippen LogP contribution in [0.25, 0.3) is 11.1 Å². The van der Waals surface area contributed by atoms with Crippen LogP contribution in [0.3, 0.4) is 0 Å². The van der Waals surface area contributed by atoms with Gasteiger partial charge >= 0.3 is 0 Å². The first-order valence-electron chi connectivity index (χ1n) is 11.3. The van der Waals surface area contributed by atoms with E-state index in [0.717, 1.165) is 22.5 Å². The minimum Gasteiger partial charge on any atom is -0.252 e. The zero-order valence-electron chi connectivity index (χ0n) is 23.1. The smallest absolute Gasteiger partial charge is 0.171 e. The second-order valence-corrected chi connectivity index (χ2v) is 16.7. The monoisotopic (exact) mass is 506 g/mol. The summed E-state index contributed by atoms with van der Waals surface area (Å²) >= 11 is 0. The van der Waals surface area contributed by atoms with Crippen LogP contribution in [-0.2, 0) is 0 Å². The molecule has 0 aliphatic carbocycles. The molecule has 0 aliphatic rings. The highest BCUT2D eigenvalue weighted by atomic mass is 31.2. The molecule has 10 heteroatoms. The van der Waals surface area contributed by atoms with E-state index in [9.17, 15) is 0 Å². The van der Waals surface area contributed by atoms with E-state index in [1.807, 2.05) is 0 Å². The van der Waals surface area contributed by atoms with Crippen LogP contribution < -0.4 is 0 Å². The van der Waals surface area contributed by atoms with Gasteiger partial charge in [0, 0.05) is 11.1 Å². The summed E-state index contributed by atoms with van der Waals surface area (Å²) < 4.78 is 24.3. The Kier molecular flexibility index (Phi) is 9.85. The minimum atomic E-state index is -2.11. The van der Waals surface area contributed by atoms with Gasteiger partial charge in [0.05, 0.1) is 11.4 Å². The van der Waals surface area contributed by atoms with E-state index in [0.29, 0.717) is 0 Å². The highest BCUT2D eigenvalue weighted by molar-refractivity contribution is 7.59. The Hall–Kier alpha value is -1.34. The van der Waals surface area contributed by atoms with Gasteiger partial charge < -0.3 is 0 Å². The molecule has 2 aromatic rings. The van der Waals surface area contributed by atoms with E-state index in [4.69, 9.17) is 9.49 Å². The molecule has 0 saturated carbocycles. The zero-order chi connectivity index (χ0) is 25.8. The van der Waals surface area contributed by atoms with Crippen molar-refractivity contribution in [1.29, 1.82) is 0 Å². The molecule has 0 N–H and O–H groups in total. The van der Waals surface area contributed by atoms with Gasteiger partial charge in [-0.2, -0.15) is 0 Å². The van der Waals surface area contributed by atoms with Crippen LogP contribution in [0.2, 0.25) is 0 Å². The molecule has 2 aromatic carbocycles. The highest BCUT2D eigenvalue weighted by Crippen LogP contribution is 2.60. The lowest BCUT2D eigenvalue weighted by Crippen LogP contribution is -2.30. The van der Waals surface area contributed by atoms with Crippen molar-refractivity contribution >= 4 is 26.4 Å². The van der Waals surface area contributed by atoms with E-state index >= 15 is 0 Å². The van der Waals surface area contributed by atoms with Gasteiger partial charge in [-0.15, -0.1) is 0 Å². The first-order valence-corrected chi connectivity index (χ1v) is 14.5. The molecule has 0 bridgehead atoms. The summed E-state index contributed by atoms with van der Waals surface area (Å²) in [5, 5.41) is 0. The largest absolute Gasteiger partial charge is 0.252 e. The van der Waals surface area contributed by atoms with Crippen LogP contribution in [0.5, 0.6) is 0 Å². The van der Waals surface area contributed by atoms with Crippen molar-refractivity contribution in [2.75, 3.05) is 84.6 Å². The lowest BCUT2D eigenvalue weighted by molar-refractivity contribution is 0.474. The van der Waals surface area contributed by atoms with E-state index < -0.39 is 15.0 Å². The van der Waals surface area contributed by atoms with Crippen molar-refractivity contribution in [2.45, 2.75) is 0 Å². The molecule has 0 radical (unpaired) electrons. The predicted molar refractivity (Wildman–Crippen MR) is 152 cm³/mol. The van der Waals surface area contributed by atoms with Crippen LogP contribution in [0, 0.1) is 0 Å². The maximum Gasteiger partial charge on any atom is 0.171 e. The summed E-state index contributed by atoms with van der Waals surface area (Å²) in [6, 6.07) is 16.8. The van der Waals surface area contributed by atoms with Crippen LogP contribution in [-0.4, -0.2) is 113 Å². The van der Waals surface area contributed by atoms with Gasteiger partial charge in [0.2, 0.25) is 0 Å². The van der Waals surface area contributed by atoms with E-state index in [1.54, 1.807) is 0 Å². The molecule has 34 heavy (non-hydrogen) atoms. The average Bonchev–Trinajstić information content (AvgIpc) is 2.74. The van der Waals surface area contributed by atoms with Gasteiger partial charge in [0.25, 0.3) is 0 Å². The van der Waals surface area contributed by atoms with Gasteiger partial charge in [-0.3, -0.25) is 28.0 Å². The molecule has 0 heterocycles. The molecular formula is C24H44N8P2. The third-order valence-electron chi connectivity index (χ3n) is 5.80. The van der Waals surface area contributed by atoms with Gasteiger partial charge in [-0.25, -0.2) is 9.49 Å². The molecule has 0 fully saturated rings. The van der Waals surface area contributed by atoms with E-state index in [2.05, 4.69) is 161 Å². The van der Waals surface area contributed by atoms with Crippen molar-refractivity contribution in [3.63, 3.8) is 0 Å². The fraction of sp³-hybridized carbons (Fsp3) is 0.500. The standard InChI is InChI=1S/C24H44N8P2/c1-27(2)33(28(3)4,29(5)6)25-23-19-15-13-17-21(23)22-18-14-16-20-24(22)26-34(30(7)8,31(9)10)32(11)12/h13-20H,1-12H3. The van der Waals surface area contributed by atoms with E-state index in [1.165, 1.54) is 0 Å². The second kappa shape index (κ2) is 11.6. The Balaban J connectivity index is 2.93. The van der Waals surface area contributed by atoms with Crippen molar-refractivity contribution in [3.05, 3.63) is 48.5 Å². The molecule has 0 aliphatic heterocycles. The lowest BCUT2D eigenvalue weighted by Gasteiger charge is -2.41. The zero-order valence-corrected chi connectivity index (χ0v) is 24.9. The summed E-state index contributed by atoms with van der Waals surface area (Å²) in [4.78, 5) is 0. The molecule has 0 atom stereocenters. The molecule has 0 unspecified atom stereocenters. The van der Waals surface area contributed by atoms with Crippen LogP contribution >= 0.6 is 15.0 Å². The van der Waals surface area contributed by atoms with Gasteiger partial charge in [-0.1, -0.05) is 36.4 Å². The SMILES string of the molecule is CN(C)P(=Nc1ccccc1-c1ccccc1N=P(N(C)C)(N(C)C)N(C)C)(N(C)C)N(C)C. The minimum absolute atomic E-state index is 0.970. The Labute approximate surface area is 208 Å². The Morgan fingerprint density at radius 1 is 0.412 bits per heavy atom. The molecule has 2 rings (SSSR count). The van der Waals surface area contributed by atoms with E-state index in [-0.39, 0.29) is 0 Å². The molecule has 8 nitrogen and oxygen atoms in total. The van der Waals surface area contributed by atoms with Crippen LogP contribution in [0.15, 0.2) is 58.0 Å². The normalized spacial score (nSPS) is 13.1. The summed E-state index contributed by atoms with van der Waals surface area (Å²) in [5.41, 5.74) is 4.12.